The van der Waals surface area contributed by atoms with Gasteiger partial charge in [0.05, 0.1) is 13.5 Å². The third-order valence-electron chi connectivity index (χ3n) is 3.36. The quantitative estimate of drug-likeness (QED) is 0.866. The van der Waals surface area contributed by atoms with Gasteiger partial charge in [-0.15, -0.1) is 0 Å². The summed E-state index contributed by atoms with van der Waals surface area (Å²) in [5.74, 6) is 0.535. The first-order valence-electron chi connectivity index (χ1n) is 6.16. The minimum Gasteiger partial charge on any atom is -0.496 e. The van der Waals surface area contributed by atoms with Crippen LogP contribution in [0.25, 0.3) is 0 Å². The average Bonchev–Trinajstić information content (AvgIpc) is 2.26. The molecule has 1 aromatic carbocycles. The molecule has 18 heavy (non-hydrogen) atoms. The van der Waals surface area contributed by atoms with Crippen LogP contribution in [0.1, 0.15) is 17.5 Å². The van der Waals surface area contributed by atoms with E-state index in [2.05, 4.69) is 17.0 Å². The van der Waals surface area contributed by atoms with Gasteiger partial charge in [-0.05, 0) is 30.0 Å². The Labute approximate surface area is 107 Å². The zero-order valence-electron chi connectivity index (χ0n) is 10.8. The zero-order chi connectivity index (χ0) is 13.1. The molecule has 0 radical (unpaired) electrons. The van der Waals surface area contributed by atoms with Crippen molar-refractivity contribution in [2.45, 2.75) is 19.9 Å². The minimum absolute atomic E-state index is 0.290. The van der Waals surface area contributed by atoms with Crippen molar-refractivity contribution >= 4 is 5.97 Å². The molecule has 1 saturated heterocycles. The van der Waals surface area contributed by atoms with E-state index in [0.29, 0.717) is 5.92 Å². The number of carboxylic acids is 1. The van der Waals surface area contributed by atoms with E-state index in [-0.39, 0.29) is 6.42 Å². The van der Waals surface area contributed by atoms with Crippen LogP contribution in [0, 0.1) is 12.8 Å². The predicted octanol–water partition coefficient (Wildman–Crippen LogP) is 1.91. The predicted molar refractivity (Wildman–Crippen MR) is 68.8 cm³/mol. The van der Waals surface area contributed by atoms with Crippen molar-refractivity contribution in [1.82, 2.24) is 4.90 Å². The number of likely N-dealkylation sites (tertiary alicyclic amines) is 1. The van der Waals surface area contributed by atoms with E-state index in [1.54, 1.807) is 7.11 Å². The molecule has 0 aromatic heterocycles. The third-order valence-corrected chi connectivity index (χ3v) is 3.36. The largest absolute Gasteiger partial charge is 0.496 e. The molecular formula is C14H19NO3. The van der Waals surface area contributed by atoms with Gasteiger partial charge in [0.25, 0.3) is 0 Å². The smallest absolute Gasteiger partial charge is 0.303 e. The molecule has 4 nitrogen and oxygen atoms in total. The lowest BCUT2D eigenvalue weighted by Crippen LogP contribution is -2.46. The number of hydrogen-bond acceptors (Lipinski definition) is 3. The van der Waals surface area contributed by atoms with Gasteiger partial charge in [-0.1, -0.05) is 12.1 Å². The fourth-order valence-corrected chi connectivity index (χ4v) is 2.48. The van der Waals surface area contributed by atoms with Gasteiger partial charge in [-0.2, -0.15) is 0 Å². The van der Waals surface area contributed by atoms with E-state index < -0.39 is 5.97 Å². The SMILES string of the molecule is COc1ccc(CN2CC(CC(=O)O)C2)cc1C. The monoisotopic (exact) mass is 249 g/mol. The summed E-state index contributed by atoms with van der Waals surface area (Å²) < 4.78 is 5.23. The molecule has 0 unspecified atom stereocenters. The molecule has 0 amide bonds. The molecule has 1 aliphatic rings. The molecule has 4 heteroatoms. The number of carboxylic acid groups (broad SMARTS) is 1. The summed E-state index contributed by atoms with van der Waals surface area (Å²) >= 11 is 0. The summed E-state index contributed by atoms with van der Waals surface area (Å²) in [7, 11) is 1.67. The van der Waals surface area contributed by atoms with Crippen molar-refractivity contribution < 1.29 is 14.6 Å². The Hall–Kier alpha value is -1.55. The Morgan fingerprint density at radius 1 is 1.50 bits per heavy atom. The molecule has 0 aliphatic carbocycles. The molecule has 0 spiro atoms. The van der Waals surface area contributed by atoms with Crippen LogP contribution in [-0.2, 0) is 11.3 Å². The van der Waals surface area contributed by atoms with Crippen molar-refractivity contribution in [1.29, 1.82) is 0 Å². The first kappa shape index (κ1) is 12.9. The Kier molecular flexibility index (Phi) is 3.87. The second kappa shape index (κ2) is 5.40. The second-order valence-corrected chi connectivity index (χ2v) is 4.96. The second-order valence-electron chi connectivity index (χ2n) is 4.96. The number of aliphatic carboxylic acids is 1. The Balaban J connectivity index is 1.85. The highest BCUT2D eigenvalue weighted by Crippen LogP contribution is 2.24. The Bertz CT molecular complexity index is 439. The van der Waals surface area contributed by atoms with Gasteiger partial charge in [0, 0.05) is 19.6 Å². The number of methoxy groups -OCH3 is 1. The maximum atomic E-state index is 10.6. The molecule has 0 bridgehead atoms. The number of rotatable bonds is 5. The van der Waals surface area contributed by atoms with E-state index in [1.807, 2.05) is 13.0 Å². The van der Waals surface area contributed by atoms with Gasteiger partial charge in [-0.3, -0.25) is 9.69 Å². The van der Waals surface area contributed by atoms with Crippen molar-refractivity contribution in [3.8, 4) is 5.75 Å². The van der Waals surface area contributed by atoms with Gasteiger partial charge in [0.2, 0.25) is 0 Å². The fraction of sp³-hybridized carbons (Fsp3) is 0.500. The lowest BCUT2D eigenvalue weighted by Gasteiger charge is -2.38. The van der Waals surface area contributed by atoms with Gasteiger partial charge in [-0.25, -0.2) is 0 Å². The first-order valence-corrected chi connectivity index (χ1v) is 6.16. The van der Waals surface area contributed by atoms with E-state index in [1.165, 1.54) is 5.56 Å². The number of benzene rings is 1. The highest BCUT2D eigenvalue weighted by molar-refractivity contribution is 5.67. The van der Waals surface area contributed by atoms with Crippen molar-refractivity contribution in [3.63, 3.8) is 0 Å². The lowest BCUT2D eigenvalue weighted by atomic mass is 9.95. The number of carbonyl (C=O) groups is 1. The first-order chi connectivity index (χ1) is 8.58. The van der Waals surface area contributed by atoms with Gasteiger partial charge in [0.15, 0.2) is 0 Å². The molecular weight excluding hydrogens is 230 g/mol. The minimum atomic E-state index is -0.694. The van der Waals surface area contributed by atoms with Gasteiger partial charge < -0.3 is 9.84 Å². The van der Waals surface area contributed by atoms with Crippen LogP contribution in [-0.4, -0.2) is 36.2 Å². The number of hydrogen-bond donors (Lipinski definition) is 1. The summed E-state index contributed by atoms with van der Waals surface area (Å²) in [5, 5.41) is 8.69. The number of nitrogens with zero attached hydrogens (tertiary/aromatic N) is 1. The van der Waals surface area contributed by atoms with Gasteiger partial charge >= 0.3 is 5.97 Å². The summed E-state index contributed by atoms with van der Waals surface area (Å²) in [6, 6.07) is 6.18. The van der Waals surface area contributed by atoms with Crippen molar-refractivity contribution in [3.05, 3.63) is 29.3 Å². The molecule has 2 rings (SSSR count). The van der Waals surface area contributed by atoms with E-state index >= 15 is 0 Å². The fourth-order valence-electron chi connectivity index (χ4n) is 2.48. The summed E-state index contributed by atoms with van der Waals surface area (Å²) in [6.45, 7) is 4.70. The third kappa shape index (κ3) is 3.01. The molecule has 0 saturated carbocycles. The standard InChI is InChI=1S/C14H19NO3/c1-10-5-11(3-4-13(10)18-2)7-15-8-12(9-15)6-14(16)17/h3-5,12H,6-9H2,1-2H3,(H,16,17). The molecule has 98 valence electrons. The van der Waals surface area contributed by atoms with Crippen LogP contribution in [0.5, 0.6) is 5.75 Å². The zero-order valence-corrected chi connectivity index (χ0v) is 10.8. The van der Waals surface area contributed by atoms with Crippen molar-refractivity contribution in [2.24, 2.45) is 5.92 Å². The van der Waals surface area contributed by atoms with Crippen LogP contribution >= 0.6 is 0 Å². The Morgan fingerprint density at radius 3 is 2.78 bits per heavy atom. The summed E-state index contributed by atoms with van der Waals surface area (Å²) in [4.78, 5) is 12.8. The Morgan fingerprint density at radius 2 is 2.22 bits per heavy atom. The van der Waals surface area contributed by atoms with E-state index in [9.17, 15) is 4.79 Å². The van der Waals surface area contributed by atoms with Crippen LogP contribution in [0.3, 0.4) is 0 Å². The van der Waals surface area contributed by atoms with Crippen molar-refractivity contribution in [2.75, 3.05) is 20.2 Å². The lowest BCUT2D eigenvalue weighted by molar-refractivity contribution is -0.139. The van der Waals surface area contributed by atoms with Crippen LogP contribution in [0.4, 0.5) is 0 Å². The summed E-state index contributed by atoms with van der Waals surface area (Å²) in [6.07, 6.45) is 0.290. The van der Waals surface area contributed by atoms with Crippen LogP contribution in [0.15, 0.2) is 18.2 Å². The highest BCUT2D eigenvalue weighted by Gasteiger charge is 2.28. The molecule has 1 N–H and O–H groups in total. The maximum absolute atomic E-state index is 10.6. The van der Waals surface area contributed by atoms with E-state index in [4.69, 9.17) is 9.84 Å². The normalized spacial score (nSPS) is 16.3. The average molecular weight is 249 g/mol. The highest BCUT2D eigenvalue weighted by atomic mass is 16.5. The van der Waals surface area contributed by atoms with Crippen LogP contribution in [0.2, 0.25) is 0 Å². The van der Waals surface area contributed by atoms with Gasteiger partial charge in [0.1, 0.15) is 5.75 Å². The summed E-state index contributed by atoms with van der Waals surface area (Å²) in [5.41, 5.74) is 2.39. The molecule has 1 fully saturated rings. The maximum Gasteiger partial charge on any atom is 0.303 e. The molecule has 0 atom stereocenters. The topological polar surface area (TPSA) is 49.8 Å². The molecule has 1 aromatic rings. The van der Waals surface area contributed by atoms with Crippen LogP contribution < -0.4 is 4.74 Å². The number of ether oxygens (including phenoxy) is 1. The number of aryl methyl sites for hydroxylation is 1. The molecule has 1 aliphatic heterocycles. The van der Waals surface area contributed by atoms with E-state index in [0.717, 1.165) is 30.9 Å². The molecule has 1 heterocycles.